The predicted octanol–water partition coefficient (Wildman–Crippen LogP) is 4.10. The van der Waals surface area contributed by atoms with Crippen LogP contribution >= 0.6 is 0 Å². The second-order valence-electron chi connectivity index (χ2n) is 6.86. The van der Waals surface area contributed by atoms with Crippen molar-refractivity contribution >= 4 is 6.09 Å². The standard InChI is InChI=1S/C21H23NO3/c1-22(21(23)24-14-15-7-3-2-4-8-15)20-13-18-11-16-9-5-6-10-17(16)12-19(18)25-20/h2-4,7-8,11-12,20H,5-6,9-10,13-14H2,1H3. The van der Waals surface area contributed by atoms with Crippen LogP contribution in [-0.2, 0) is 30.6 Å². The van der Waals surface area contributed by atoms with Crippen molar-refractivity contribution in [3.8, 4) is 5.75 Å². The molecular formula is C21H23NO3. The van der Waals surface area contributed by atoms with Gasteiger partial charge in [0.25, 0.3) is 0 Å². The molecule has 1 aliphatic carbocycles. The molecule has 0 saturated carbocycles. The minimum absolute atomic E-state index is 0.276. The molecule has 0 spiro atoms. The summed E-state index contributed by atoms with van der Waals surface area (Å²) in [6.45, 7) is 0.276. The van der Waals surface area contributed by atoms with E-state index in [9.17, 15) is 4.79 Å². The molecule has 4 nitrogen and oxygen atoms in total. The molecule has 130 valence electrons. The number of hydrogen-bond donors (Lipinski definition) is 0. The molecule has 4 heteroatoms. The molecule has 1 aliphatic heterocycles. The highest BCUT2D eigenvalue weighted by Crippen LogP contribution is 2.35. The minimum atomic E-state index is -0.355. The number of ether oxygens (including phenoxy) is 2. The summed E-state index contributed by atoms with van der Waals surface area (Å²) in [5.41, 5.74) is 5.03. The Morgan fingerprint density at radius 1 is 1.12 bits per heavy atom. The van der Waals surface area contributed by atoms with Gasteiger partial charge in [0.15, 0.2) is 6.23 Å². The average Bonchev–Trinajstić information content (AvgIpc) is 3.07. The molecule has 1 heterocycles. The first-order valence-electron chi connectivity index (χ1n) is 8.95. The van der Waals surface area contributed by atoms with Gasteiger partial charge < -0.3 is 9.47 Å². The van der Waals surface area contributed by atoms with Crippen molar-refractivity contribution < 1.29 is 14.3 Å². The highest BCUT2D eigenvalue weighted by Gasteiger charge is 2.31. The third kappa shape index (κ3) is 3.34. The van der Waals surface area contributed by atoms with Crippen molar-refractivity contribution in [1.82, 2.24) is 4.90 Å². The van der Waals surface area contributed by atoms with Gasteiger partial charge in [-0.25, -0.2) is 4.79 Å². The maximum atomic E-state index is 12.3. The Bertz CT molecular complexity index is 737. The van der Waals surface area contributed by atoms with E-state index in [1.54, 1.807) is 11.9 Å². The van der Waals surface area contributed by atoms with Gasteiger partial charge in [-0.1, -0.05) is 36.4 Å². The van der Waals surface area contributed by atoms with E-state index in [1.807, 2.05) is 30.3 Å². The van der Waals surface area contributed by atoms with Crippen molar-refractivity contribution in [2.75, 3.05) is 7.05 Å². The molecule has 0 N–H and O–H groups in total. The van der Waals surface area contributed by atoms with Gasteiger partial charge >= 0.3 is 6.09 Å². The van der Waals surface area contributed by atoms with Crippen LogP contribution in [0.4, 0.5) is 4.79 Å². The van der Waals surface area contributed by atoms with Gasteiger partial charge in [0.2, 0.25) is 0 Å². The topological polar surface area (TPSA) is 38.8 Å². The number of nitrogens with zero attached hydrogens (tertiary/aromatic N) is 1. The van der Waals surface area contributed by atoms with Crippen LogP contribution in [0.1, 0.15) is 35.1 Å². The van der Waals surface area contributed by atoms with Crippen LogP contribution in [0.15, 0.2) is 42.5 Å². The van der Waals surface area contributed by atoms with E-state index in [-0.39, 0.29) is 18.9 Å². The van der Waals surface area contributed by atoms with Crippen LogP contribution in [-0.4, -0.2) is 24.3 Å². The fourth-order valence-corrected chi connectivity index (χ4v) is 3.61. The molecule has 0 saturated heterocycles. The Morgan fingerprint density at radius 2 is 1.84 bits per heavy atom. The van der Waals surface area contributed by atoms with E-state index in [2.05, 4.69) is 12.1 Å². The molecule has 2 aromatic carbocycles. The Hall–Kier alpha value is -2.49. The SMILES string of the molecule is CN(C(=O)OCc1ccccc1)C1Cc2cc3c(cc2O1)CCCC3. The van der Waals surface area contributed by atoms with Gasteiger partial charge in [-0.3, -0.25) is 4.90 Å². The molecule has 1 amide bonds. The molecule has 4 rings (SSSR count). The number of benzene rings is 2. The van der Waals surface area contributed by atoms with E-state index < -0.39 is 0 Å². The number of carbonyl (C=O) groups is 1. The smallest absolute Gasteiger partial charge is 0.412 e. The van der Waals surface area contributed by atoms with Crippen molar-refractivity contribution in [2.45, 2.75) is 44.9 Å². The molecule has 25 heavy (non-hydrogen) atoms. The Morgan fingerprint density at radius 3 is 2.60 bits per heavy atom. The summed E-state index contributed by atoms with van der Waals surface area (Å²) in [7, 11) is 1.74. The van der Waals surface area contributed by atoms with Crippen molar-refractivity contribution in [3.05, 3.63) is 64.7 Å². The van der Waals surface area contributed by atoms with E-state index in [1.165, 1.54) is 29.5 Å². The quantitative estimate of drug-likeness (QED) is 0.846. The minimum Gasteiger partial charge on any atom is -0.470 e. The molecule has 2 aromatic rings. The van der Waals surface area contributed by atoms with E-state index in [0.29, 0.717) is 0 Å². The van der Waals surface area contributed by atoms with Crippen molar-refractivity contribution in [3.63, 3.8) is 0 Å². The van der Waals surface area contributed by atoms with Crippen LogP contribution < -0.4 is 4.74 Å². The molecule has 2 aliphatic rings. The van der Waals surface area contributed by atoms with Gasteiger partial charge in [0.05, 0.1) is 0 Å². The zero-order valence-corrected chi connectivity index (χ0v) is 14.5. The normalized spacial score (nSPS) is 18.0. The number of rotatable bonds is 3. The van der Waals surface area contributed by atoms with Crippen molar-refractivity contribution in [2.24, 2.45) is 0 Å². The summed E-state index contributed by atoms with van der Waals surface area (Å²) >= 11 is 0. The monoisotopic (exact) mass is 337 g/mol. The van der Waals surface area contributed by atoms with E-state index >= 15 is 0 Å². The van der Waals surface area contributed by atoms with E-state index in [4.69, 9.17) is 9.47 Å². The molecule has 0 fully saturated rings. The number of fused-ring (bicyclic) bond motifs is 2. The fourth-order valence-electron chi connectivity index (χ4n) is 3.61. The van der Waals surface area contributed by atoms with Gasteiger partial charge in [-0.05, 0) is 48.4 Å². The summed E-state index contributed by atoms with van der Waals surface area (Å²) in [6, 6.07) is 14.1. The average molecular weight is 337 g/mol. The second kappa shape index (κ2) is 6.79. The van der Waals surface area contributed by atoms with Crippen LogP contribution in [0.2, 0.25) is 0 Å². The molecule has 1 atom stereocenters. The third-order valence-electron chi connectivity index (χ3n) is 5.11. The van der Waals surface area contributed by atoms with Gasteiger partial charge in [0.1, 0.15) is 12.4 Å². The summed E-state index contributed by atoms with van der Waals surface area (Å²) in [6.07, 6.45) is 4.88. The van der Waals surface area contributed by atoms with Crippen LogP contribution in [0, 0.1) is 0 Å². The molecular weight excluding hydrogens is 314 g/mol. The third-order valence-corrected chi connectivity index (χ3v) is 5.11. The maximum Gasteiger partial charge on any atom is 0.412 e. The first kappa shape index (κ1) is 16.0. The van der Waals surface area contributed by atoms with Gasteiger partial charge in [-0.15, -0.1) is 0 Å². The lowest BCUT2D eigenvalue weighted by Crippen LogP contribution is -2.40. The highest BCUT2D eigenvalue weighted by molar-refractivity contribution is 5.68. The van der Waals surface area contributed by atoms with E-state index in [0.717, 1.165) is 30.6 Å². The lowest BCUT2D eigenvalue weighted by molar-refractivity contribution is 0.0374. The summed E-state index contributed by atoms with van der Waals surface area (Å²) in [5.74, 6) is 0.924. The van der Waals surface area contributed by atoms with Crippen molar-refractivity contribution in [1.29, 1.82) is 0 Å². The first-order chi connectivity index (χ1) is 12.2. The lowest BCUT2D eigenvalue weighted by Gasteiger charge is -2.23. The van der Waals surface area contributed by atoms with Gasteiger partial charge in [0, 0.05) is 19.0 Å². The number of amides is 1. The number of carbonyl (C=O) groups excluding carboxylic acids is 1. The van der Waals surface area contributed by atoms with Crippen LogP contribution in [0.5, 0.6) is 5.75 Å². The van der Waals surface area contributed by atoms with Crippen LogP contribution in [0.3, 0.4) is 0 Å². The maximum absolute atomic E-state index is 12.3. The summed E-state index contributed by atoms with van der Waals surface area (Å²) < 4.78 is 11.4. The summed E-state index contributed by atoms with van der Waals surface area (Å²) in [4.78, 5) is 13.9. The fraction of sp³-hybridized carbons (Fsp3) is 0.381. The number of hydrogen-bond acceptors (Lipinski definition) is 3. The first-order valence-corrected chi connectivity index (χ1v) is 8.95. The number of likely N-dealkylation sites (N-methyl/N-ethyl adjacent to an activating group) is 1. The largest absolute Gasteiger partial charge is 0.470 e. The molecule has 0 aromatic heterocycles. The lowest BCUT2D eigenvalue weighted by atomic mass is 9.90. The second-order valence-corrected chi connectivity index (χ2v) is 6.86. The van der Waals surface area contributed by atoms with Gasteiger partial charge in [-0.2, -0.15) is 0 Å². The number of aryl methyl sites for hydroxylation is 2. The Kier molecular flexibility index (Phi) is 4.35. The summed E-state index contributed by atoms with van der Waals surface area (Å²) in [5, 5.41) is 0. The zero-order valence-electron chi connectivity index (χ0n) is 14.5. The predicted molar refractivity (Wildman–Crippen MR) is 95.6 cm³/mol. The Balaban J connectivity index is 1.39. The molecule has 0 radical (unpaired) electrons. The molecule has 0 bridgehead atoms. The zero-order chi connectivity index (χ0) is 17.2. The highest BCUT2D eigenvalue weighted by atomic mass is 16.6. The Labute approximate surface area is 148 Å². The van der Waals surface area contributed by atoms with Crippen LogP contribution in [0.25, 0.3) is 0 Å². The molecule has 1 unspecified atom stereocenters.